The molecule has 1 saturated heterocycles. The second kappa shape index (κ2) is 11.6. The van der Waals surface area contributed by atoms with Gasteiger partial charge in [0.2, 0.25) is 11.8 Å². The van der Waals surface area contributed by atoms with Crippen molar-refractivity contribution in [1.29, 1.82) is 0 Å². The van der Waals surface area contributed by atoms with E-state index >= 15 is 0 Å². The molecule has 3 rings (SSSR count). The Morgan fingerprint density at radius 1 is 1.15 bits per heavy atom. The van der Waals surface area contributed by atoms with E-state index in [4.69, 9.17) is 4.74 Å². The average molecular weight is 471 g/mol. The van der Waals surface area contributed by atoms with Crippen LogP contribution in [0, 0.1) is 29.6 Å². The van der Waals surface area contributed by atoms with Crippen molar-refractivity contribution in [3.05, 3.63) is 48.0 Å². The van der Waals surface area contributed by atoms with Crippen molar-refractivity contribution < 1.29 is 24.2 Å². The van der Waals surface area contributed by atoms with Crippen molar-refractivity contribution in [3.8, 4) is 0 Å². The third-order valence-corrected chi connectivity index (χ3v) is 7.00. The Morgan fingerprint density at radius 2 is 1.85 bits per heavy atom. The number of hydrogen-bond acceptors (Lipinski definition) is 5. The number of fused-ring (bicyclic) bond motifs is 1. The third kappa shape index (κ3) is 5.35. The highest BCUT2D eigenvalue weighted by atomic mass is 16.5. The molecule has 1 aliphatic heterocycles. The summed E-state index contributed by atoms with van der Waals surface area (Å²) in [5.41, 5.74) is 0.957. The van der Waals surface area contributed by atoms with E-state index in [0.29, 0.717) is 19.4 Å². The molecule has 1 heterocycles. The second-order valence-corrected chi connectivity index (χ2v) is 9.70. The monoisotopic (exact) mass is 470 g/mol. The van der Waals surface area contributed by atoms with Gasteiger partial charge in [-0.05, 0) is 37.2 Å². The molecule has 7 nitrogen and oxygen atoms in total. The van der Waals surface area contributed by atoms with Crippen LogP contribution in [0.1, 0.15) is 46.1 Å². The number of nitrogens with one attached hydrogen (secondary N) is 1. The Kier molecular flexibility index (Phi) is 8.89. The smallest absolute Gasteiger partial charge is 0.310 e. The summed E-state index contributed by atoms with van der Waals surface area (Å²) in [7, 11) is 0. The number of amides is 2. The molecule has 34 heavy (non-hydrogen) atoms. The molecule has 1 aromatic carbocycles. The van der Waals surface area contributed by atoms with E-state index in [-0.39, 0.29) is 36.9 Å². The summed E-state index contributed by atoms with van der Waals surface area (Å²) < 4.78 is 5.36. The number of aliphatic hydroxyl groups excluding tert-OH is 1. The van der Waals surface area contributed by atoms with Crippen LogP contribution in [-0.4, -0.2) is 53.1 Å². The van der Waals surface area contributed by atoms with Gasteiger partial charge >= 0.3 is 5.97 Å². The fourth-order valence-corrected chi connectivity index (χ4v) is 5.50. The zero-order chi connectivity index (χ0) is 24.8. The van der Waals surface area contributed by atoms with E-state index in [9.17, 15) is 19.5 Å². The summed E-state index contributed by atoms with van der Waals surface area (Å²) in [4.78, 5) is 42.0. The maximum Gasteiger partial charge on any atom is 0.310 e. The van der Waals surface area contributed by atoms with Gasteiger partial charge in [0.05, 0.1) is 31.1 Å². The van der Waals surface area contributed by atoms with Gasteiger partial charge in [-0.3, -0.25) is 14.4 Å². The quantitative estimate of drug-likeness (QED) is 0.405. The molecule has 2 N–H and O–H groups in total. The Balaban J connectivity index is 1.97. The summed E-state index contributed by atoms with van der Waals surface area (Å²) in [6.45, 7) is 8.12. The second-order valence-electron chi connectivity index (χ2n) is 9.70. The van der Waals surface area contributed by atoms with Crippen LogP contribution >= 0.6 is 0 Å². The molecule has 7 heteroatoms. The number of likely N-dealkylation sites (tertiary alicyclic amines) is 1. The predicted molar refractivity (Wildman–Crippen MR) is 129 cm³/mol. The van der Waals surface area contributed by atoms with Gasteiger partial charge in [-0.1, -0.05) is 63.3 Å². The largest absolute Gasteiger partial charge is 0.466 e. The van der Waals surface area contributed by atoms with Gasteiger partial charge in [-0.15, -0.1) is 0 Å². The summed E-state index contributed by atoms with van der Waals surface area (Å²) in [6.07, 6.45) is 5.16. The average Bonchev–Trinajstić information content (AvgIpc) is 3.13. The molecular formula is C27H38N2O5. The van der Waals surface area contributed by atoms with Crippen molar-refractivity contribution in [2.24, 2.45) is 29.6 Å². The van der Waals surface area contributed by atoms with E-state index in [0.717, 1.165) is 5.56 Å². The Morgan fingerprint density at radius 3 is 2.44 bits per heavy atom. The normalized spacial score (nSPS) is 26.9. The molecule has 1 aliphatic carbocycles. The first-order chi connectivity index (χ1) is 16.3. The minimum atomic E-state index is -0.789. The number of aliphatic hydroxyl groups is 1. The molecule has 1 aromatic rings. The lowest BCUT2D eigenvalue weighted by Gasteiger charge is -2.34. The maximum absolute atomic E-state index is 13.9. The fraction of sp³-hybridized carbons (Fsp3) is 0.593. The van der Waals surface area contributed by atoms with Crippen molar-refractivity contribution in [3.63, 3.8) is 0 Å². The topological polar surface area (TPSA) is 95.9 Å². The number of esters is 1. The summed E-state index contributed by atoms with van der Waals surface area (Å²) in [6, 6.07) is 8.30. The van der Waals surface area contributed by atoms with E-state index in [1.54, 1.807) is 11.8 Å². The van der Waals surface area contributed by atoms with Crippen molar-refractivity contribution in [1.82, 2.24) is 10.2 Å². The van der Waals surface area contributed by atoms with Crippen LogP contribution in [0.3, 0.4) is 0 Å². The van der Waals surface area contributed by atoms with Crippen LogP contribution in [0.4, 0.5) is 0 Å². The molecule has 0 spiro atoms. The summed E-state index contributed by atoms with van der Waals surface area (Å²) in [5.74, 6) is -2.59. The van der Waals surface area contributed by atoms with E-state index < -0.39 is 35.8 Å². The number of hydrogen-bond donors (Lipinski definition) is 2. The molecule has 1 fully saturated rings. The van der Waals surface area contributed by atoms with Gasteiger partial charge < -0.3 is 20.1 Å². The first-order valence-electron chi connectivity index (χ1n) is 12.4. The third-order valence-electron chi connectivity index (χ3n) is 7.00. The molecular weight excluding hydrogens is 432 g/mol. The molecule has 0 aromatic heterocycles. The van der Waals surface area contributed by atoms with Gasteiger partial charge in [0.25, 0.3) is 0 Å². The summed E-state index contributed by atoms with van der Waals surface area (Å²) in [5, 5.41) is 13.2. The standard InChI is InChI=1S/C27H38N2O5/c1-5-19-12-13-21-23(22(19)27(33)34-6-2)26(32)29(20(16-30)14-17(3)4)24(21)25(31)28-15-18-10-8-7-9-11-18/h7-13,17,19-24,30H,5-6,14-16H2,1-4H3,(H,28,31)/t19-,20-,21+,22-,23+,24+/m1/s1. The molecule has 0 unspecified atom stereocenters. The van der Waals surface area contributed by atoms with Gasteiger partial charge in [0.15, 0.2) is 0 Å². The SMILES string of the molecule is CCOC(=O)[C@H]1[C@H]2C(=O)N([C@@H](CO)CC(C)C)[C@H](C(=O)NCc3ccccc3)[C@H]2C=C[C@H]1CC. The highest BCUT2D eigenvalue weighted by Gasteiger charge is 2.58. The van der Waals surface area contributed by atoms with Crippen molar-refractivity contribution in [2.45, 2.75) is 59.2 Å². The first-order valence-corrected chi connectivity index (χ1v) is 12.4. The highest BCUT2D eigenvalue weighted by Crippen LogP contribution is 2.46. The Hall–Kier alpha value is -2.67. The van der Waals surface area contributed by atoms with Crippen LogP contribution in [0.15, 0.2) is 42.5 Å². The van der Waals surface area contributed by atoms with Crippen LogP contribution < -0.4 is 5.32 Å². The minimum absolute atomic E-state index is 0.130. The van der Waals surface area contributed by atoms with Gasteiger partial charge in [0.1, 0.15) is 6.04 Å². The number of benzene rings is 1. The number of allylic oxidation sites excluding steroid dienone is 1. The van der Waals surface area contributed by atoms with E-state index in [2.05, 4.69) is 5.32 Å². The van der Waals surface area contributed by atoms with Crippen LogP contribution in [0.25, 0.3) is 0 Å². The predicted octanol–water partition coefficient (Wildman–Crippen LogP) is 2.93. The van der Waals surface area contributed by atoms with E-state index in [1.165, 1.54) is 0 Å². The van der Waals surface area contributed by atoms with Gasteiger partial charge in [0, 0.05) is 12.5 Å². The lowest BCUT2D eigenvalue weighted by molar-refractivity contribution is -0.156. The lowest BCUT2D eigenvalue weighted by atomic mass is 9.69. The Labute approximate surface area is 202 Å². The van der Waals surface area contributed by atoms with Gasteiger partial charge in [-0.2, -0.15) is 0 Å². The Bertz CT molecular complexity index is 884. The fourth-order valence-electron chi connectivity index (χ4n) is 5.50. The van der Waals surface area contributed by atoms with Crippen molar-refractivity contribution >= 4 is 17.8 Å². The molecule has 6 atom stereocenters. The molecule has 2 amide bonds. The molecule has 0 saturated carbocycles. The number of nitrogens with zero attached hydrogens (tertiary/aromatic N) is 1. The first kappa shape index (κ1) is 25.9. The molecule has 186 valence electrons. The number of carbonyl (C=O) groups excluding carboxylic acids is 3. The highest BCUT2D eigenvalue weighted by molar-refractivity contribution is 5.96. The zero-order valence-corrected chi connectivity index (χ0v) is 20.6. The van der Waals surface area contributed by atoms with Crippen LogP contribution in [-0.2, 0) is 25.7 Å². The number of carbonyl (C=O) groups is 3. The molecule has 0 bridgehead atoms. The van der Waals surface area contributed by atoms with Crippen molar-refractivity contribution in [2.75, 3.05) is 13.2 Å². The summed E-state index contributed by atoms with van der Waals surface area (Å²) >= 11 is 0. The molecule has 2 aliphatic rings. The van der Waals surface area contributed by atoms with E-state index in [1.807, 2.05) is 63.3 Å². The van der Waals surface area contributed by atoms with Crippen LogP contribution in [0.5, 0.6) is 0 Å². The lowest BCUT2D eigenvalue weighted by Crippen LogP contribution is -2.52. The maximum atomic E-state index is 13.9. The van der Waals surface area contributed by atoms with Gasteiger partial charge in [-0.25, -0.2) is 0 Å². The minimum Gasteiger partial charge on any atom is -0.466 e. The van der Waals surface area contributed by atoms with Crippen LogP contribution in [0.2, 0.25) is 0 Å². The molecule has 0 radical (unpaired) electrons. The number of ether oxygens (including phenoxy) is 1. The number of rotatable bonds is 10. The zero-order valence-electron chi connectivity index (χ0n) is 20.6.